The van der Waals surface area contributed by atoms with Crippen LogP contribution in [0.25, 0.3) is 0 Å². The van der Waals surface area contributed by atoms with Gasteiger partial charge in [0.25, 0.3) is 0 Å². The highest BCUT2D eigenvalue weighted by molar-refractivity contribution is 9.10. The molecule has 2 aromatic rings. The van der Waals surface area contributed by atoms with Crippen LogP contribution in [0.2, 0.25) is 0 Å². The Labute approximate surface area is 127 Å². The molecule has 106 valence electrons. The molecule has 0 fully saturated rings. The lowest BCUT2D eigenvalue weighted by Crippen LogP contribution is -2.29. The topological polar surface area (TPSA) is 56.5 Å². The summed E-state index contributed by atoms with van der Waals surface area (Å²) < 4.78 is 11.8. The number of hydrogen-bond acceptors (Lipinski definition) is 4. The lowest BCUT2D eigenvalue weighted by molar-refractivity contribution is 0.394. The summed E-state index contributed by atoms with van der Waals surface area (Å²) >= 11 is 3.44. The van der Waals surface area contributed by atoms with E-state index in [1.165, 1.54) is 0 Å². The van der Waals surface area contributed by atoms with Gasteiger partial charge in [0, 0.05) is 15.6 Å². The van der Waals surface area contributed by atoms with E-state index >= 15 is 0 Å². The largest absolute Gasteiger partial charge is 0.496 e. The van der Waals surface area contributed by atoms with Crippen molar-refractivity contribution in [1.29, 1.82) is 0 Å². The molecule has 0 amide bonds. The van der Waals surface area contributed by atoms with Crippen molar-refractivity contribution < 1.29 is 9.47 Å². The number of benzene rings is 2. The standard InChI is InChI=1S/C15H17BrN2O2/c1-19-13-6-4-3-5-11(13)15(18-17)12-8-7-10(16)9-14(12)20-2/h3-9,15,18H,17H2,1-2H3. The SMILES string of the molecule is COc1ccccc1C(NN)c1ccc(Br)cc1OC. The molecule has 0 saturated heterocycles. The van der Waals surface area contributed by atoms with Gasteiger partial charge in [-0.15, -0.1) is 0 Å². The zero-order chi connectivity index (χ0) is 14.5. The first-order valence-corrected chi connectivity index (χ1v) is 6.93. The second-order valence-electron chi connectivity index (χ2n) is 4.23. The second kappa shape index (κ2) is 6.74. The fraction of sp³-hybridized carbons (Fsp3) is 0.200. The van der Waals surface area contributed by atoms with Crippen molar-refractivity contribution in [3.63, 3.8) is 0 Å². The average molecular weight is 337 g/mol. The lowest BCUT2D eigenvalue weighted by atomic mass is 9.97. The van der Waals surface area contributed by atoms with E-state index in [9.17, 15) is 0 Å². The Kier molecular flexibility index (Phi) is 5.00. The first kappa shape index (κ1) is 14.8. The van der Waals surface area contributed by atoms with Crippen LogP contribution in [-0.4, -0.2) is 14.2 Å². The van der Waals surface area contributed by atoms with Crippen molar-refractivity contribution >= 4 is 15.9 Å². The Bertz CT molecular complexity index is 590. The molecule has 0 radical (unpaired) electrons. The van der Waals surface area contributed by atoms with E-state index in [-0.39, 0.29) is 6.04 Å². The summed E-state index contributed by atoms with van der Waals surface area (Å²) in [5, 5.41) is 0. The Morgan fingerprint density at radius 3 is 2.30 bits per heavy atom. The molecule has 4 nitrogen and oxygen atoms in total. The Balaban J connectivity index is 2.52. The first-order valence-electron chi connectivity index (χ1n) is 6.13. The molecule has 0 saturated carbocycles. The van der Waals surface area contributed by atoms with Crippen LogP contribution in [0.5, 0.6) is 11.5 Å². The van der Waals surface area contributed by atoms with Crippen molar-refractivity contribution in [3.8, 4) is 11.5 Å². The second-order valence-corrected chi connectivity index (χ2v) is 5.14. The normalized spacial score (nSPS) is 12.0. The highest BCUT2D eigenvalue weighted by Gasteiger charge is 2.20. The number of ether oxygens (including phenoxy) is 2. The molecule has 0 aliphatic carbocycles. The first-order chi connectivity index (χ1) is 9.71. The molecule has 0 spiro atoms. The van der Waals surface area contributed by atoms with Crippen molar-refractivity contribution in [2.24, 2.45) is 5.84 Å². The lowest BCUT2D eigenvalue weighted by Gasteiger charge is -2.21. The summed E-state index contributed by atoms with van der Waals surface area (Å²) in [7, 11) is 3.28. The maximum absolute atomic E-state index is 5.75. The summed E-state index contributed by atoms with van der Waals surface area (Å²) in [6.07, 6.45) is 0. The van der Waals surface area contributed by atoms with E-state index < -0.39 is 0 Å². The third-order valence-corrected chi connectivity index (χ3v) is 3.62. The van der Waals surface area contributed by atoms with Gasteiger partial charge in [-0.25, -0.2) is 5.43 Å². The van der Waals surface area contributed by atoms with Gasteiger partial charge < -0.3 is 9.47 Å². The Morgan fingerprint density at radius 2 is 1.65 bits per heavy atom. The minimum absolute atomic E-state index is 0.214. The molecule has 3 N–H and O–H groups in total. The van der Waals surface area contributed by atoms with Gasteiger partial charge in [-0.05, 0) is 18.2 Å². The van der Waals surface area contributed by atoms with Crippen LogP contribution in [0.3, 0.4) is 0 Å². The third-order valence-electron chi connectivity index (χ3n) is 3.12. The molecule has 0 aliphatic heterocycles. The van der Waals surface area contributed by atoms with Crippen LogP contribution in [0.1, 0.15) is 17.2 Å². The Morgan fingerprint density at radius 1 is 1.00 bits per heavy atom. The smallest absolute Gasteiger partial charge is 0.125 e. The van der Waals surface area contributed by atoms with E-state index in [1.807, 2.05) is 42.5 Å². The van der Waals surface area contributed by atoms with E-state index in [2.05, 4.69) is 21.4 Å². The number of hydrazine groups is 1. The van der Waals surface area contributed by atoms with Gasteiger partial charge in [0.05, 0.1) is 20.3 Å². The molecule has 0 heterocycles. The van der Waals surface area contributed by atoms with Crippen molar-refractivity contribution in [2.45, 2.75) is 6.04 Å². The molecule has 20 heavy (non-hydrogen) atoms. The van der Waals surface area contributed by atoms with Gasteiger partial charge in [-0.1, -0.05) is 40.2 Å². The highest BCUT2D eigenvalue weighted by Crippen LogP contribution is 2.35. The predicted molar refractivity (Wildman–Crippen MR) is 82.9 cm³/mol. The van der Waals surface area contributed by atoms with Gasteiger partial charge in [-0.3, -0.25) is 5.84 Å². The predicted octanol–water partition coefficient (Wildman–Crippen LogP) is 3.02. The van der Waals surface area contributed by atoms with Crippen LogP contribution in [0.15, 0.2) is 46.9 Å². The summed E-state index contributed by atoms with van der Waals surface area (Å²) in [6.45, 7) is 0. The van der Waals surface area contributed by atoms with Gasteiger partial charge in [0.15, 0.2) is 0 Å². The number of para-hydroxylation sites is 1. The van der Waals surface area contributed by atoms with Crippen LogP contribution < -0.4 is 20.7 Å². The maximum atomic E-state index is 5.75. The molecule has 2 rings (SSSR count). The molecule has 1 unspecified atom stereocenters. The molecule has 0 aromatic heterocycles. The van der Waals surface area contributed by atoms with Gasteiger partial charge in [0.1, 0.15) is 11.5 Å². The van der Waals surface area contributed by atoms with E-state index in [4.69, 9.17) is 15.3 Å². The van der Waals surface area contributed by atoms with Gasteiger partial charge in [0.2, 0.25) is 0 Å². The molecule has 1 atom stereocenters. The fourth-order valence-corrected chi connectivity index (χ4v) is 2.52. The van der Waals surface area contributed by atoms with Crippen LogP contribution >= 0.6 is 15.9 Å². The zero-order valence-electron chi connectivity index (χ0n) is 11.4. The van der Waals surface area contributed by atoms with Crippen LogP contribution in [-0.2, 0) is 0 Å². The quantitative estimate of drug-likeness (QED) is 0.651. The number of nitrogens with one attached hydrogen (secondary N) is 1. The summed E-state index contributed by atoms with van der Waals surface area (Å²) in [5.74, 6) is 7.29. The van der Waals surface area contributed by atoms with Crippen LogP contribution in [0.4, 0.5) is 0 Å². The number of hydrogen-bond donors (Lipinski definition) is 2. The fourth-order valence-electron chi connectivity index (χ4n) is 2.18. The minimum Gasteiger partial charge on any atom is -0.496 e. The van der Waals surface area contributed by atoms with Crippen molar-refractivity contribution in [2.75, 3.05) is 14.2 Å². The van der Waals surface area contributed by atoms with Gasteiger partial charge >= 0.3 is 0 Å². The molecular formula is C15H17BrN2O2. The van der Waals surface area contributed by atoms with E-state index in [0.29, 0.717) is 0 Å². The van der Waals surface area contributed by atoms with Crippen LogP contribution in [0, 0.1) is 0 Å². The number of rotatable bonds is 5. The maximum Gasteiger partial charge on any atom is 0.125 e. The molecule has 5 heteroatoms. The number of halogens is 1. The summed E-state index contributed by atoms with van der Waals surface area (Å²) in [4.78, 5) is 0. The molecular weight excluding hydrogens is 320 g/mol. The van der Waals surface area contributed by atoms with Crippen molar-refractivity contribution in [1.82, 2.24) is 5.43 Å². The summed E-state index contributed by atoms with van der Waals surface area (Å²) in [5.41, 5.74) is 4.73. The average Bonchev–Trinajstić information content (AvgIpc) is 2.49. The van der Waals surface area contributed by atoms with E-state index in [0.717, 1.165) is 27.1 Å². The van der Waals surface area contributed by atoms with Crippen molar-refractivity contribution in [3.05, 3.63) is 58.1 Å². The Hall–Kier alpha value is -1.56. The summed E-state index contributed by atoms with van der Waals surface area (Å²) in [6, 6.07) is 13.4. The van der Waals surface area contributed by atoms with E-state index in [1.54, 1.807) is 14.2 Å². The highest BCUT2D eigenvalue weighted by atomic mass is 79.9. The monoisotopic (exact) mass is 336 g/mol. The molecule has 0 aliphatic rings. The molecule has 2 aromatic carbocycles. The minimum atomic E-state index is -0.214. The zero-order valence-corrected chi connectivity index (χ0v) is 13.0. The molecule has 0 bridgehead atoms. The van der Waals surface area contributed by atoms with Gasteiger partial charge in [-0.2, -0.15) is 0 Å². The number of methoxy groups -OCH3 is 2. The third kappa shape index (κ3) is 2.95. The number of nitrogens with two attached hydrogens (primary N) is 1.